The summed E-state index contributed by atoms with van der Waals surface area (Å²) < 4.78 is 0. The van der Waals surface area contributed by atoms with Crippen molar-refractivity contribution in [2.75, 3.05) is 0 Å². The van der Waals surface area contributed by atoms with E-state index in [2.05, 4.69) is 0 Å². The number of aliphatic carboxylic acids is 1. The third kappa shape index (κ3) is 4.61. The van der Waals surface area contributed by atoms with E-state index in [4.69, 9.17) is 16.7 Å². The first kappa shape index (κ1) is 11.7. The average Bonchev–Trinajstić information content (AvgIpc) is 2.19. The van der Waals surface area contributed by atoms with Crippen LogP contribution in [-0.2, 0) is 16.0 Å². The zero-order valence-electron chi connectivity index (χ0n) is 8.07. The SMILES string of the molecule is O=C(O)CCC(=O)Cc1ccc(Cl)cc1. The number of rotatable bonds is 5. The van der Waals surface area contributed by atoms with Crippen molar-refractivity contribution in [3.63, 3.8) is 0 Å². The minimum Gasteiger partial charge on any atom is -0.481 e. The first-order chi connectivity index (χ1) is 7.08. The molecule has 1 N–H and O–H groups in total. The van der Waals surface area contributed by atoms with Gasteiger partial charge in [-0.1, -0.05) is 23.7 Å². The normalized spacial score (nSPS) is 9.93. The molecule has 0 radical (unpaired) electrons. The van der Waals surface area contributed by atoms with E-state index >= 15 is 0 Å². The number of ketones is 1. The molecule has 0 aliphatic heterocycles. The van der Waals surface area contributed by atoms with E-state index in [-0.39, 0.29) is 25.0 Å². The summed E-state index contributed by atoms with van der Waals surface area (Å²) >= 11 is 5.69. The lowest BCUT2D eigenvalue weighted by atomic mass is 10.1. The number of halogens is 1. The van der Waals surface area contributed by atoms with Crippen LogP contribution in [0.5, 0.6) is 0 Å². The topological polar surface area (TPSA) is 54.4 Å². The molecule has 15 heavy (non-hydrogen) atoms. The molecule has 1 aromatic carbocycles. The Morgan fingerprint density at radius 3 is 2.27 bits per heavy atom. The molecule has 0 spiro atoms. The number of hydrogen-bond donors (Lipinski definition) is 1. The van der Waals surface area contributed by atoms with Gasteiger partial charge < -0.3 is 5.11 Å². The minimum atomic E-state index is -0.945. The summed E-state index contributed by atoms with van der Waals surface area (Å²) in [7, 11) is 0. The third-order valence-electron chi connectivity index (χ3n) is 1.93. The van der Waals surface area contributed by atoms with Gasteiger partial charge in [0.1, 0.15) is 5.78 Å². The second kappa shape index (κ2) is 5.51. The van der Waals surface area contributed by atoms with E-state index in [9.17, 15) is 9.59 Å². The van der Waals surface area contributed by atoms with Crippen molar-refractivity contribution in [3.05, 3.63) is 34.9 Å². The van der Waals surface area contributed by atoms with Crippen molar-refractivity contribution in [1.82, 2.24) is 0 Å². The average molecular weight is 227 g/mol. The summed E-state index contributed by atoms with van der Waals surface area (Å²) in [5.41, 5.74) is 0.856. The second-order valence-corrected chi connectivity index (χ2v) is 3.67. The van der Waals surface area contributed by atoms with Crippen LogP contribution in [0.15, 0.2) is 24.3 Å². The van der Waals surface area contributed by atoms with Gasteiger partial charge in [0, 0.05) is 17.9 Å². The fourth-order valence-electron chi connectivity index (χ4n) is 1.16. The van der Waals surface area contributed by atoms with Crippen LogP contribution in [0.4, 0.5) is 0 Å². The van der Waals surface area contributed by atoms with E-state index < -0.39 is 5.97 Å². The predicted molar refractivity (Wildman–Crippen MR) is 57.0 cm³/mol. The first-order valence-corrected chi connectivity index (χ1v) is 4.93. The van der Waals surface area contributed by atoms with Crippen LogP contribution in [0.1, 0.15) is 18.4 Å². The summed E-state index contributed by atoms with van der Waals surface area (Å²) in [4.78, 5) is 21.5. The molecule has 0 bridgehead atoms. The number of hydrogen-bond acceptors (Lipinski definition) is 2. The van der Waals surface area contributed by atoms with E-state index in [1.54, 1.807) is 24.3 Å². The number of carboxylic acids is 1. The standard InChI is InChI=1S/C11H11ClO3/c12-9-3-1-8(2-4-9)7-10(13)5-6-11(14)15/h1-4H,5-7H2,(H,14,15). The molecule has 0 unspecified atom stereocenters. The molecular formula is C11H11ClO3. The quantitative estimate of drug-likeness (QED) is 0.838. The smallest absolute Gasteiger partial charge is 0.303 e. The van der Waals surface area contributed by atoms with Gasteiger partial charge >= 0.3 is 5.97 Å². The molecule has 0 aromatic heterocycles. The lowest BCUT2D eigenvalue weighted by Gasteiger charge is -1.99. The van der Waals surface area contributed by atoms with Crippen LogP contribution in [-0.4, -0.2) is 16.9 Å². The van der Waals surface area contributed by atoms with Crippen molar-refractivity contribution in [2.45, 2.75) is 19.3 Å². The van der Waals surface area contributed by atoms with E-state index in [1.807, 2.05) is 0 Å². The molecule has 0 fully saturated rings. The largest absolute Gasteiger partial charge is 0.481 e. The van der Waals surface area contributed by atoms with Crippen LogP contribution < -0.4 is 0 Å². The molecule has 0 amide bonds. The van der Waals surface area contributed by atoms with Crippen molar-refractivity contribution >= 4 is 23.4 Å². The lowest BCUT2D eigenvalue weighted by molar-refractivity contribution is -0.138. The first-order valence-electron chi connectivity index (χ1n) is 4.56. The Hall–Kier alpha value is -1.35. The highest BCUT2D eigenvalue weighted by molar-refractivity contribution is 6.30. The fourth-order valence-corrected chi connectivity index (χ4v) is 1.29. The van der Waals surface area contributed by atoms with E-state index in [1.165, 1.54) is 0 Å². The molecule has 1 aromatic rings. The Morgan fingerprint density at radius 1 is 1.13 bits per heavy atom. The summed E-state index contributed by atoms with van der Waals surface area (Å²) in [5, 5.41) is 9.02. The van der Waals surface area contributed by atoms with Gasteiger partial charge in [0.15, 0.2) is 0 Å². The molecule has 0 saturated heterocycles. The van der Waals surface area contributed by atoms with Crippen LogP contribution in [0.3, 0.4) is 0 Å². The lowest BCUT2D eigenvalue weighted by Crippen LogP contribution is -2.06. The van der Waals surface area contributed by atoms with Gasteiger partial charge in [0.2, 0.25) is 0 Å². The Kier molecular flexibility index (Phi) is 4.31. The monoisotopic (exact) mass is 226 g/mol. The van der Waals surface area contributed by atoms with Crippen molar-refractivity contribution in [2.24, 2.45) is 0 Å². The summed E-state index contributed by atoms with van der Waals surface area (Å²) in [6.07, 6.45) is 0.245. The summed E-state index contributed by atoms with van der Waals surface area (Å²) in [6.45, 7) is 0. The maximum Gasteiger partial charge on any atom is 0.303 e. The van der Waals surface area contributed by atoms with Crippen molar-refractivity contribution < 1.29 is 14.7 Å². The summed E-state index contributed by atoms with van der Waals surface area (Å²) in [6, 6.07) is 6.95. The van der Waals surface area contributed by atoms with Crippen LogP contribution >= 0.6 is 11.6 Å². The Labute approximate surface area is 92.7 Å². The summed E-state index contributed by atoms with van der Waals surface area (Å²) in [5.74, 6) is -1.01. The Morgan fingerprint density at radius 2 is 1.73 bits per heavy atom. The molecule has 0 saturated carbocycles. The van der Waals surface area contributed by atoms with Crippen LogP contribution in [0.2, 0.25) is 5.02 Å². The Bertz CT molecular complexity index is 357. The van der Waals surface area contributed by atoms with Gasteiger partial charge in [-0.15, -0.1) is 0 Å². The van der Waals surface area contributed by atoms with Crippen molar-refractivity contribution in [3.8, 4) is 0 Å². The number of carbonyl (C=O) groups excluding carboxylic acids is 1. The van der Waals surface area contributed by atoms with Gasteiger partial charge in [0.05, 0.1) is 6.42 Å². The van der Waals surface area contributed by atoms with Gasteiger partial charge in [-0.2, -0.15) is 0 Å². The van der Waals surface area contributed by atoms with Gasteiger partial charge in [-0.05, 0) is 17.7 Å². The predicted octanol–water partition coefficient (Wildman–Crippen LogP) is 2.32. The van der Waals surface area contributed by atoms with Crippen LogP contribution in [0.25, 0.3) is 0 Å². The van der Waals surface area contributed by atoms with E-state index in [0.717, 1.165) is 5.56 Å². The zero-order chi connectivity index (χ0) is 11.3. The van der Waals surface area contributed by atoms with E-state index in [0.29, 0.717) is 5.02 Å². The molecular weight excluding hydrogens is 216 g/mol. The molecule has 4 heteroatoms. The molecule has 0 heterocycles. The fraction of sp³-hybridized carbons (Fsp3) is 0.273. The number of carboxylic acid groups (broad SMARTS) is 1. The molecule has 0 aliphatic carbocycles. The van der Waals surface area contributed by atoms with Crippen LogP contribution in [0, 0.1) is 0 Å². The highest BCUT2D eigenvalue weighted by Gasteiger charge is 2.06. The molecule has 1 rings (SSSR count). The number of benzene rings is 1. The van der Waals surface area contributed by atoms with Gasteiger partial charge in [-0.25, -0.2) is 0 Å². The highest BCUT2D eigenvalue weighted by atomic mass is 35.5. The zero-order valence-corrected chi connectivity index (χ0v) is 8.83. The maximum absolute atomic E-state index is 11.3. The van der Waals surface area contributed by atoms with Gasteiger partial charge in [0.25, 0.3) is 0 Å². The third-order valence-corrected chi connectivity index (χ3v) is 2.18. The van der Waals surface area contributed by atoms with Crippen molar-refractivity contribution in [1.29, 1.82) is 0 Å². The van der Waals surface area contributed by atoms with Gasteiger partial charge in [-0.3, -0.25) is 9.59 Å². The number of carbonyl (C=O) groups is 2. The second-order valence-electron chi connectivity index (χ2n) is 3.24. The molecule has 80 valence electrons. The Balaban J connectivity index is 2.44. The number of Topliss-reactive ketones (excluding diaryl/α,β-unsaturated/α-hetero) is 1. The molecule has 0 aliphatic rings. The molecule has 3 nitrogen and oxygen atoms in total. The highest BCUT2D eigenvalue weighted by Crippen LogP contribution is 2.10. The maximum atomic E-state index is 11.3. The minimum absolute atomic E-state index is 0.0697. The molecule has 0 atom stereocenters.